The molecule has 2 heterocycles. The number of nitrogens with zero attached hydrogens (tertiary/aromatic N) is 2. The maximum absolute atomic E-state index is 12.3. The molecule has 1 aliphatic heterocycles. The van der Waals surface area contributed by atoms with Gasteiger partial charge in [-0.3, -0.25) is 0 Å². The molecule has 132 valence electrons. The number of fused-ring (bicyclic) bond motifs is 3. The largest absolute Gasteiger partial charge is 0.445 e. The molecule has 1 aliphatic rings. The molecule has 5 heteroatoms. The summed E-state index contributed by atoms with van der Waals surface area (Å²) >= 11 is 0. The van der Waals surface area contributed by atoms with E-state index in [-0.39, 0.29) is 12.6 Å². The zero-order chi connectivity index (χ0) is 17.9. The molecule has 3 aromatic rings. The molecule has 1 N–H and O–H groups in total. The number of alkyl carbamates (subject to hydrolysis) is 1. The zero-order valence-corrected chi connectivity index (χ0v) is 14.7. The fourth-order valence-electron chi connectivity index (χ4n) is 3.39. The van der Waals surface area contributed by atoms with Crippen molar-refractivity contribution in [2.24, 2.45) is 0 Å². The number of nitrogens with one attached hydrogen (secondary N) is 1. The van der Waals surface area contributed by atoms with E-state index in [0.29, 0.717) is 0 Å². The number of imidazole rings is 1. The summed E-state index contributed by atoms with van der Waals surface area (Å²) in [5.41, 5.74) is 4.28. The van der Waals surface area contributed by atoms with Crippen LogP contribution in [0.25, 0.3) is 5.69 Å². The van der Waals surface area contributed by atoms with E-state index in [4.69, 9.17) is 4.74 Å². The predicted molar refractivity (Wildman–Crippen MR) is 99.1 cm³/mol. The highest BCUT2D eigenvalue weighted by Crippen LogP contribution is 2.29. The van der Waals surface area contributed by atoms with E-state index in [1.54, 1.807) is 0 Å². The summed E-state index contributed by atoms with van der Waals surface area (Å²) in [5.74, 6) is 0.851. The maximum atomic E-state index is 12.3. The van der Waals surface area contributed by atoms with Crippen LogP contribution < -0.4 is 5.32 Å². The molecular formula is C21H21N3O2. The Morgan fingerprint density at radius 3 is 2.81 bits per heavy atom. The van der Waals surface area contributed by atoms with Crippen LogP contribution in [0.1, 0.15) is 35.1 Å². The normalized spacial score (nSPS) is 15.5. The maximum Gasteiger partial charge on any atom is 0.408 e. The first kappa shape index (κ1) is 16.4. The highest BCUT2D eigenvalue weighted by Gasteiger charge is 2.25. The second kappa shape index (κ2) is 7.04. The molecule has 0 fully saturated rings. The number of aryl methyl sites for hydroxylation is 2. The van der Waals surface area contributed by atoms with Crippen LogP contribution in [0.4, 0.5) is 4.79 Å². The number of carbonyl (C=O) groups is 1. The molecule has 4 rings (SSSR count). The predicted octanol–water partition coefficient (Wildman–Crippen LogP) is 4.09. The smallest absolute Gasteiger partial charge is 0.408 e. The lowest BCUT2D eigenvalue weighted by atomic mass is 10.1. The number of para-hydroxylation sites is 1. The average molecular weight is 347 g/mol. The average Bonchev–Trinajstić information content (AvgIpc) is 3.00. The van der Waals surface area contributed by atoms with Gasteiger partial charge in [0.15, 0.2) is 0 Å². The number of amides is 1. The first-order valence-corrected chi connectivity index (χ1v) is 8.82. The summed E-state index contributed by atoms with van der Waals surface area (Å²) in [6.45, 7) is 2.22. The number of benzene rings is 2. The summed E-state index contributed by atoms with van der Waals surface area (Å²) < 4.78 is 7.47. The van der Waals surface area contributed by atoms with E-state index < -0.39 is 6.09 Å². The van der Waals surface area contributed by atoms with Crippen LogP contribution in [0.5, 0.6) is 0 Å². The van der Waals surface area contributed by atoms with Crippen molar-refractivity contribution in [3.05, 3.63) is 83.4 Å². The molecule has 1 unspecified atom stereocenters. The topological polar surface area (TPSA) is 56.2 Å². The van der Waals surface area contributed by atoms with Crippen LogP contribution in [0.15, 0.2) is 60.8 Å². The van der Waals surface area contributed by atoms with Crippen molar-refractivity contribution in [2.75, 3.05) is 0 Å². The van der Waals surface area contributed by atoms with Crippen LogP contribution in [-0.2, 0) is 17.8 Å². The lowest BCUT2D eigenvalue weighted by Gasteiger charge is -2.16. The first-order chi connectivity index (χ1) is 12.7. The Morgan fingerprint density at radius 1 is 1.19 bits per heavy atom. The molecule has 26 heavy (non-hydrogen) atoms. The molecule has 0 saturated carbocycles. The Hall–Kier alpha value is -3.08. The third-order valence-corrected chi connectivity index (χ3v) is 4.62. The van der Waals surface area contributed by atoms with E-state index in [1.165, 1.54) is 5.56 Å². The van der Waals surface area contributed by atoms with Crippen LogP contribution in [0, 0.1) is 6.92 Å². The highest BCUT2D eigenvalue weighted by atomic mass is 16.5. The molecule has 1 amide bonds. The standard InChI is InChI=1S/C21H21N3O2/c1-15-13-24-19-10-6-5-9-17(19)11-12-18(20(24)22-15)23-21(25)26-14-16-7-3-2-4-8-16/h2-10,13,18H,11-12,14H2,1H3,(H,23,25). The number of carbonyl (C=O) groups excluding carboxylic acids is 1. The first-order valence-electron chi connectivity index (χ1n) is 8.82. The van der Waals surface area contributed by atoms with Crippen LogP contribution in [0.2, 0.25) is 0 Å². The van der Waals surface area contributed by atoms with Crippen molar-refractivity contribution in [1.29, 1.82) is 0 Å². The quantitative estimate of drug-likeness (QED) is 0.776. The Bertz CT molecular complexity index is 918. The van der Waals surface area contributed by atoms with E-state index in [1.807, 2.05) is 55.6 Å². The van der Waals surface area contributed by atoms with Crippen molar-refractivity contribution in [3.8, 4) is 5.69 Å². The molecule has 1 atom stereocenters. The van der Waals surface area contributed by atoms with Gasteiger partial charge in [0.25, 0.3) is 0 Å². The minimum absolute atomic E-state index is 0.181. The van der Waals surface area contributed by atoms with Gasteiger partial charge in [0.1, 0.15) is 12.4 Å². The van der Waals surface area contributed by atoms with Gasteiger partial charge >= 0.3 is 6.09 Å². The van der Waals surface area contributed by atoms with Crippen molar-refractivity contribution >= 4 is 6.09 Å². The molecule has 0 saturated heterocycles. The summed E-state index contributed by atoms with van der Waals surface area (Å²) in [4.78, 5) is 17.0. The van der Waals surface area contributed by atoms with Crippen LogP contribution in [-0.4, -0.2) is 15.6 Å². The Balaban J connectivity index is 1.51. The molecule has 0 spiro atoms. The highest BCUT2D eigenvalue weighted by molar-refractivity contribution is 5.68. The fourth-order valence-corrected chi connectivity index (χ4v) is 3.39. The third kappa shape index (κ3) is 3.33. The minimum atomic E-state index is -0.419. The Kier molecular flexibility index (Phi) is 4.44. The summed E-state index contributed by atoms with van der Waals surface area (Å²) in [6, 6.07) is 17.8. The molecule has 0 bridgehead atoms. The summed E-state index contributed by atoms with van der Waals surface area (Å²) in [6.07, 6.45) is 3.26. The lowest BCUT2D eigenvalue weighted by Crippen LogP contribution is -2.30. The monoisotopic (exact) mass is 347 g/mol. The van der Waals surface area contributed by atoms with Gasteiger partial charge in [-0.15, -0.1) is 0 Å². The van der Waals surface area contributed by atoms with Gasteiger partial charge in [0.05, 0.1) is 11.7 Å². The number of hydrogen-bond acceptors (Lipinski definition) is 3. The molecule has 0 aliphatic carbocycles. The number of aromatic nitrogens is 2. The Labute approximate surface area is 152 Å². The lowest BCUT2D eigenvalue weighted by molar-refractivity contribution is 0.134. The van der Waals surface area contributed by atoms with Gasteiger partial charge in [-0.2, -0.15) is 0 Å². The number of ether oxygens (including phenoxy) is 1. The van der Waals surface area contributed by atoms with E-state index in [9.17, 15) is 4.79 Å². The van der Waals surface area contributed by atoms with Crippen molar-refractivity contribution in [2.45, 2.75) is 32.4 Å². The van der Waals surface area contributed by atoms with Gasteiger partial charge in [0.2, 0.25) is 0 Å². The van der Waals surface area contributed by atoms with E-state index >= 15 is 0 Å². The molecular weight excluding hydrogens is 326 g/mol. The van der Waals surface area contributed by atoms with Gasteiger partial charge in [-0.25, -0.2) is 9.78 Å². The van der Waals surface area contributed by atoms with Crippen molar-refractivity contribution in [3.63, 3.8) is 0 Å². The molecule has 2 aromatic carbocycles. The van der Waals surface area contributed by atoms with E-state index in [2.05, 4.69) is 27.0 Å². The SMILES string of the molecule is Cc1cn2c(n1)C(NC(=O)OCc1ccccc1)CCc1ccccc1-2. The molecule has 5 nitrogen and oxygen atoms in total. The van der Waals surface area contributed by atoms with Crippen molar-refractivity contribution in [1.82, 2.24) is 14.9 Å². The number of hydrogen-bond donors (Lipinski definition) is 1. The van der Waals surface area contributed by atoms with Crippen molar-refractivity contribution < 1.29 is 9.53 Å². The summed E-state index contributed by atoms with van der Waals surface area (Å²) in [7, 11) is 0. The third-order valence-electron chi connectivity index (χ3n) is 4.62. The number of rotatable bonds is 3. The van der Waals surface area contributed by atoms with Gasteiger partial charge in [-0.05, 0) is 37.0 Å². The zero-order valence-electron chi connectivity index (χ0n) is 14.7. The minimum Gasteiger partial charge on any atom is -0.445 e. The molecule has 0 radical (unpaired) electrons. The van der Waals surface area contributed by atoms with Gasteiger partial charge in [-0.1, -0.05) is 48.5 Å². The second-order valence-corrected chi connectivity index (χ2v) is 6.54. The van der Waals surface area contributed by atoms with Crippen LogP contribution in [0.3, 0.4) is 0 Å². The van der Waals surface area contributed by atoms with Gasteiger partial charge in [0, 0.05) is 11.9 Å². The van der Waals surface area contributed by atoms with Gasteiger partial charge < -0.3 is 14.6 Å². The fraction of sp³-hybridized carbons (Fsp3) is 0.238. The van der Waals surface area contributed by atoms with Crippen LogP contribution >= 0.6 is 0 Å². The Morgan fingerprint density at radius 2 is 1.96 bits per heavy atom. The summed E-state index contributed by atoms with van der Waals surface area (Å²) in [5, 5.41) is 2.99. The molecule has 1 aromatic heterocycles. The second-order valence-electron chi connectivity index (χ2n) is 6.54. The van der Waals surface area contributed by atoms with E-state index in [0.717, 1.165) is 35.6 Å².